The first-order chi connectivity index (χ1) is 11.6. The molecule has 2 heteroatoms. The summed E-state index contributed by atoms with van der Waals surface area (Å²) in [6.07, 6.45) is 3.53. The zero-order valence-corrected chi connectivity index (χ0v) is 14.8. The van der Waals surface area contributed by atoms with Crippen molar-refractivity contribution in [3.05, 3.63) is 65.2 Å². The average molecular weight is 320 g/mol. The van der Waals surface area contributed by atoms with Crippen molar-refractivity contribution in [3.63, 3.8) is 0 Å². The topological polar surface area (TPSA) is 29.3 Å². The van der Waals surface area contributed by atoms with E-state index in [2.05, 4.69) is 67.3 Å². The van der Waals surface area contributed by atoms with Gasteiger partial charge in [0.1, 0.15) is 0 Å². The molecule has 0 radical (unpaired) electrons. The minimum atomic E-state index is 0.301. The van der Waals surface area contributed by atoms with Gasteiger partial charge in [0.05, 0.1) is 0 Å². The summed E-state index contributed by atoms with van der Waals surface area (Å²) in [7, 11) is 0. The van der Waals surface area contributed by atoms with Crippen LogP contribution in [0.15, 0.2) is 48.5 Å². The summed E-state index contributed by atoms with van der Waals surface area (Å²) in [6.45, 7) is 7.29. The maximum Gasteiger partial charge on any atom is 0.0316 e. The van der Waals surface area contributed by atoms with Crippen LogP contribution in [-0.4, -0.2) is 24.0 Å². The van der Waals surface area contributed by atoms with Crippen LogP contribution in [-0.2, 0) is 18.3 Å². The molecule has 2 bridgehead atoms. The van der Waals surface area contributed by atoms with E-state index in [0.717, 1.165) is 25.1 Å². The zero-order valence-electron chi connectivity index (χ0n) is 14.8. The van der Waals surface area contributed by atoms with Crippen molar-refractivity contribution < 1.29 is 0 Å². The molecule has 0 spiro atoms. The van der Waals surface area contributed by atoms with Crippen molar-refractivity contribution in [2.45, 2.75) is 44.6 Å². The van der Waals surface area contributed by atoms with Gasteiger partial charge in [-0.25, -0.2) is 0 Å². The van der Waals surface area contributed by atoms with Gasteiger partial charge in [-0.3, -0.25) is 4.90 Å². The van der Waals surface area contributed by atoms with Gasteiger partial charge in [-0.2, -0.15) is 0 Å². The Morgan fingerprint density at radius 3 is 2.75 bits per heavy atom. The van der Waals surface area contributed by atoms with Crippen LogP contribution in [0.3, 0.4) is 0 Å². The molecule has 0 amide bonds. The van der Waals surface area contributed by atoms with Gasteiger partial charge in [-0.15, -0.1) is 0 Å². The van der Waals surface area contributed by atoms with Gasteiger partial charge in [0.2, 0.25) is 0 Å². The highest BCUT2D eigenvalue weighted by atomic mass is 15.2. The van der Waals surface area contributed by atoms with Gasteiger partial charge in [0, 0.05) is 18.3 Å². The standard InChI is InChI=1S/C22H28N2/c1-16-21-15-18-14-19(23)8-9-20(18)22(16,2)11-13-24(21)12-10-17-6-4-3-5-7-17/h3-9,14,16,21H,10-13,15,23H2,1-2H3/t16-,21?,22-/m0/s1. The van der Waals surface area contributed by atoms with E-state index in [1.54, 1.807) is 5.56 Å². The zero-order chi connectivity index (χ0) is 16.7. The number of rotatable bonds is 3. The predicted molar refractivity (Wildman–Crippen MR) is 101 cm³/mol. The third-order valence-corrected chi connectivity index (χ3v) is 6.67. The van der Waals surface area contributed by atoms with Crippen LogP contribution in [0.25, 0.3) is 0 Å². The van der Waals surface area contributed by atoms with E-state index in [1.807, 2.05) is 0 Å². The lowest BCUT2D eigenvalue weighted by molar-refractivity contribution is 0.0324. The third-order valence-electron chi connectivity index (χ3n) is 6.67. The Bertz CT molecular complexity index is 724. The molecule has 0 saturated carbocycles. The highest BCUT2D eigenvalue weighted by molar-refractivity contribution is 5.49. The van der Waals surface area contributed by atoms with Crippen molar-refractivity contribution in [2.24, 2.45) is 5.92 Å². The molecular weight excluding hydrogens is 292 g/mol. The van der Waals surface area contributed by atoms with Crippen LogP contribution in [0.5, 0.6) is 0 Å². The van der Waals surface area contributed by atoms with Crippen LogP contribution in [0.4, 0.5) is 5.69 Å². The number of likely N-dealkylation sites (tertiary alicyclic amines) is 1. The molecule has 2 aromatic carbocycles. The Morgan fingerprint density at radius 2 is 1.96 bits per heavy atom. The minimum Gasteiger partial charge on any atom is -0.399 e. The van der Waals surface area contributed by atoms with Crippen LogP contribution in [0, 0.1) is 5.92 Å². The molecule has 2 nitrogen and oxygen atoms in total. The molecule has 1 unspecified atom stereocenters. The summed E-state index contributed by atoms with van der Waals surface area (Å²) in [5.74, 6) is 0.693. The van der Waals surface area contributed by atoms with Crippen molar-refractivity contribution in [2.75, 3.05) is 18.8 Å². The number of nitrogens with zero attached hydrogens (tertiary/aromatic N) is 1. The molecule has 2 aliphatic rings. The lowest BCUT2D eigenvalue weighted by Gasteiger charge is -2.54. The molecule has 24 heavy (non-hydrogen) atoms. The van der Waals surface area contributed by atoms with Crippen LogP contribution < -0.4 is 5.73 Å². The van der Waals surface area contributed by atoms with Gasteiger partial charge in [-0.1, -0.05) is 50.2 Å². The minimum absolute atomic E-state index is 0.301. The Kier molecular flexibility index (Phi) is 3.88. The Hall–Kier alpha value is -1.80. The maximum absolute atomic E-state index is 6.07. The van der Waals surface area contributed by atoms with Gasteiger partial charge in [0.15, 0.2) is 0 Å². The van der Waals surface area contributed by atoms with Crippen LogP contribution in [0.1, 0.15) is 37.0 Å². The molecule has 1 heterocycles. The molecule has 0 aromatic heterocycles. The van der Waals surface area contributed by atoms with E-state index in [0.29, 0.717) is 17.4 Å². The number of benzene rings is 2. The first-order valence-electron chi connectivity index (χ1n) is 9.25. The fourth-order valence-corrected chi connectivity index (χ4v) is 4.96. The maximum atomic E-state index is 6.07. The van der Waals surface area contributed by atoms with Crippen LogP contribution in [0.2, 0.25) is 0 Å². The highest BCUT2D eigenvalue weighted by Gasteiger charge is 2.48. The number of nitrogen functional groups attached to an aromatic ring is 1. The van der Waals surface area contributed by atoms with Crippen molar-refractivity contribution >= 4 is 5.69 Å². The van der Waals surface area contributed by atoms with Crippen molar-refractivity contribution in [3.8, 4) is 0 Å². The number of hydrogen-bond donors (Lipinski definition) is 1. The van der Waals surface area contributed by atoms with E-state index in [9.17, 15) is 0 Å². The van der Waals surface area contributed by atoms with Gasteiger partial charge < -0.3 is 5.73 Å². The lowest BCUT2D eigenvalue weighted by atomic mass is 9.59. The molecular formula is C22H28N2. The third kappa shape index (κ3) is 2.53. The van der Waals surface area contributed by atoms with Crippen molar-refractivity contribution in [1.29, 1.82) is 0 Å². The number of hydrogen-bond acceptors (Lipinski definition) is 2. The normalized spacial score (nSPS) is 29.2. The quantitative estimate of drug-likeness (QED) is 0.865. The highest BCUT2D eigenvalue weighted by Crippen LogP contribution is 2.48. The molecule has 2 N–H and O–H groups in total. The second-order valence-corrected chi connectivity index (χ2v) is 7.92. The number of piperidine rings is 1. The van der Waals surface area contributed by atoms with Crippen molar-refractivity contribution in [1.82, 2.24) is 4.90 Å². The number of anilines is 1. The second-order valence-electron chi connectivity index (χ2n) is 7.92. The smallest absolute Gasteiger partial charge is 0.0316 e. The summed E-state index contributed by atoms with van der Waals surface area (Å²) in [6, 6.07) is 18.1. The molecule has 1 aliphatic carbocycles. The van der Waals surface area contributed by atoms with E-state index in [4.69, 9.17) is 5.73 Å². The lowest BCUT2D eigenvalue weighted by Crippen LogP contribution is -2.58. The molecule has 126 valence electrons. The fraction of sp³-hybridized carbons (Fsp3) is 0.455. The van der Waals surface area contributed by atoms with Gasteiger partial charge in [0.25, 0.3) is 0 Å². The summed E-state index contributed by atoms with van der Waals surface area (Å²) < 4.78 is 0. The van der Waals surface area contributed by atoms with E-state index >= 15 is 0 Å². The first-order valence-corrected chi connectivity index (χ1v) is 9.25. The number of fused-ring (bicyclic) bond motifs is 4. The molecule has 1 fully saturated rings. The average Bonchev–Trinajstić information content (AvgIpc) is 2.58. The van der Waals surface area contributed by atoms with E-state index < -0.39 is 0 Å². The molecule has 1 saturated heterocycles. The monoisotopic (exact) mass is 320 g/mol. The predicted octanol–water partition coefficient (Wildman–Crippen LogP) is 4.04. The largest absolute Gasteiger partial charge is 0.399 e. The molecule has 4 rings (SSSR count). The SMILES string of the molecule is C[C@H]1C2Cc3cc(N)ccc3[C@@]1(C)CCN2CCc1ccccc1. The van der Waals surface area contributed by atoms with E-state index in [1.165, 1.54) is 24.1 Å². The number of nitrogens with two attached hydrogens (primary N) is 1. The summed E-state index contributed by atoms with van der Waals surface area (Å²) in [4.78, 5) is 2.73. The van der Waals surface area contributed by atoms with Gasteiger partial charge >= 0.3 is 0 Å². The first kappa shape index (κ1) is 15.7. The summed E-state index contributed by atoms with van der Waals surface area (Å²) >= 11 is 0. The molecule has 3 atom stereocenters. The summed E-state index contributed by atoms with van der Waals surface area (Å²) in [5, 5.41) is 0. The van der Waals surface area contributed by atoms with E-state index in [-0.39, 0.29) is 0 Å². The second kappa shape index (κ2) is 5.93. The van der Waals surface area contributed by atoms with Crippen LogP contribution >= 0.6 is 0 Å². The Morgan fingerprint density at radius 1 is 1.17 bits per heavy atom. The Labute approximate surface area is 145 Å². The Balaban J connectivity index is 1.57. The fourth-order valence-electron chi connectivity index (χ4n) is 4.96. The molecule has 1 aliphatic heterocycles. The van der Waals surface area contributed by atoms with Gasteiger partial charge in [-0.05, 0) is 66.0 Å². The summed E-state index contributed by atoms with van der Waals surface area (Å²) in [5.41, 5.74) is 11.7. The molecule has 2 aromatic rings.